The number of benzene rings is 2. The molecule has 4 rings (SSSR count). The van der Waals surface area contributed by atoms with Crippen LogP contribution in [0.3, 0.4) is 0 Å². The van der Waals surface area contributed by atoms with Gasteiger partial charge in [-0.25, -0.2) is 19.2 Å². The van der Waals surface area contributed by atoms with Crippen molar-refractivity contribution in [2.75, 3.05) is 11.9 Å². The van der Waals surface area contributed by atoms with Gasteiger partial charge < -0.3 is 14.6 Å². The quantitative estimate of drug-likeness (QED) is 0.399. The van der Waals surface area contributed by atoms with E-state index in [2.05, 4.69) is 15.3 Å². The molecule has 0 aliphatic heterocycles. The Morgan fingerprint density at radius 1 is 1.03 bits per heavy atom. The van der Waals surface area contributed by atoms with Gasteiger partial charge >= 0.3 is 5.97 Å². The number of nitrogens with one attached hydrogen (secondary N) is 1. The number of halogens is 1. The zero-order valence-electron chi connectivity index (χ0n) is 18.8. The predicted octanol–water partition coefficient (Wildman–Crippen LogP) is 4.87. The second-order valence-corrected chi connectivity index (χ2v) is 7.57. The van der Waals surface area contributed by atoms with Crippen LogP contribution in [0.4, 0.5) is 10.2 Å². The third-order valence-electron chi connectivity index (χ3n) is 5.20. The highest BCUT2D eigenvalue weighted by molar-refractivity contribution is 6.04. The zero-order chi connectivity index (χ0) is 24.1. The van der Waals surface area contributed by atoms with E-state index in [1.54, 1.807) is 32.3 Å². The van der Waals surface area contributed by atoms with Crippen molar-refractivity contribution < 1.29 is 18.7 Å². The number of aryl methyl sites for hydroxylation is 1. The maximum Gasteiger partial charge on any atom is 0.339 e. The Balaban J connectivity index is 1.67. The highest BCUT2D eigenvalue weighted by Gasteiger charge is 2.19. The summed E-state index contributed by atoms with van der Waals surface area (Å²) in [5.74, 6) is -0.857. The second-order valence-electron chi connectivity index (χ2n) is 7.57. The fourth-order valence-corrected chi connectivity index (χ4v) is 3.52. The molecule has 2 heterocycles. The summed E-state index contributed by atoms with van der Waals surface area (Å²) in [6.45, 7) is 4.09. The first kappa shape index (κ1) is 22.8. The smallest absolute Gasteiger partial charge is 0.339 e. The van der Waals surface area contributed by atoms with Crippen molar-refractivity contribution in [1.82, 2.24) is 14.5 Å². The van der Waals surface area contributed by atoms with Crippen LogP contribution < -0.4 is 5.32 Å². The van der Waals surface area contributed by atoms with Crippen molar-refractivity contribution in [2.45, 2.75) is 20.4 Å². The normalized spacial score (nSPS) is 10.7. The largest absolute Gasteiger partial charge is 0.462 e. The Labute approximate surface area is 196 Å². The minimum Gasteiger partial charge on any atom is -0.462 e. The van der Waals surface area contributed by atoms with E-state index >= 15 is 0 Å². The Kier molecular flexibility index (Phi) is 6.77. The number of hydrogen-bond acceptors (Lipinski definition) is 5. The molecule has 0 spiro atoms. The number of esters is 1. The lowest BCUT2D eigenvalue weighted by Crippen LogP contribution is -2.18. The van der Waals surface area contributed by atoms with Crippen LogP contribution in [0.1, 0.15) is 39.0 Å². The van der Waals surface area contributed by atoms with E-state index in [9.17, 15) is 14.0 Å². The van der Waals surface area contributed by atoms with Gasteiger partial charge in [-0.3, -0.25) is 4.79 Å². The lowest BCUT2D eigenvalue weighted by molar-refractivity contribution is 0.0524. The molecular formula is C26H23FN4O3. The monoisotopic (exact) mass is 458 g/mol. The fraction of sp³-hybridized carbons (Fsp3) is 0.154. The molecule has 34 heavy (non-hydrogen) atoms. The summed E-state index contributed by atoms with van der Waals surface area (Å²) >= 11 is 0. The molecule has 0 fully saturated rings. The first-order valence-electron chi connectivity index (χ1n) is 10.8. The molecule has 2 aromatic heterocycles. The molecule has 0 atom stereocenters. The van der Waals surface area contributed by atoms with Gasteiger partial charge in [-0.05, 0) is 55.8 Å². The number of aromatic nitrogens is 3. The van der Waals surface area contributed by atoms with E-state index in [1.165, 1.54) is 24.3 Å². The summed E-state index contributed by atoms with van der Waals surface area (Å²) in [5.41, 5.74) is 3.02. The SMILES string of the molecule is CCOC(=O)c1ccc(C(=O)Nc2c(-c3ccc(F)cc3)ncn2Cc2ccccc2)nc1C. The van der Waals surface area contributed by atoms with E-state index in [1.807, 2.05) is 34.9 Å². The van der Waals surface area contributed by atoms with Crippen molar-refractivity contribution >= 4 is 17.7 Å². The van der Waals surface area contributed by atoms with Gasteiger partial charge in [0.25, 0.3) is 5.91 Å². The number of carbonyl (C=O) groups is 2. The highest BCUT2D eigenvalue weighted by Crippen LogP contribution is 2.28. The lowest BCUT2D eigenvalue weighted by atomic mass is 10.1. The molecule has 7 nitrogen and oxygen atoms in total. The summed E-state index contributed by atoms with van der Waals surface area (Å²) in [6.07, 6.45) is 1.63. The van der Waals surface area contributed by atoms with Crippen LogP contribution in [0.5, 0.6) is 0 Å². The average Bonchev–Trinajstić information content (AvgIpc) is 3.22. The number of hydrogen-bond donors (Lipinski definition) is 1. The molecule has 172 valence electrons. The Morgan fingerprint density at radius 3 is 2.44 bits per heavy atom. The average molecular weight is 458 g/mol. The summed E-state index contributed by atoms with van der Waals surface area (Å²) in [4.78, 5) is 33.9. The number of nitrogens with zero attached hydrogens (tertiary/aromatic N) is 3. The van der Waals surface area contributed by atoms with Crippen molar-refractivity contribution in [3.63, 3.8) is 0 Å². The van der Waals surface area contributed by atoms with Crippen LogP contribution in [-0.4, -0.2) is 33.0 Å². The minimum atomic E-state index is -0.487. The van der Waals surface area contributed by atoms with Crippen LogP contribution in [0, 0.1) is 12.7 Å². The van der Waals surface area contributed by atoms with Crippen molar-refractivity contribution in [3.8, 4) is 11.3 Å². The van der Waals surface area contributed by atoms with E-state index in [0.29, 0.717) is 34.9 Å². The summed E-state index contributed by atoms with van der Waals surface area (Å²) in [6, 6.07) is 18.6. The summed E-state index contributed by atoms with van der Waals surface area (Å²) in [7, 11) is 0. The number of amides is 1. The molecule has 0 saturated carbocycles. The molecule has 8 heteroatoms. The molecule has 1 N–H and O–H groups in total. The third kappa shape index (κ3) is 5.01. The molecule has 0 unspecified atom stereocenters. The molecular weight excluding hydrogens is 435 g/mol. The highest BCUT2D eigenvalue weighted by atomic mass is 19.1. The molecule has 0 aliphatic rings. The van der Waals surface area contributed by atoms with Crippen molar-refractivity contribution in [3.05, 3.63) is 101 Å². The fourth-order valence-electron chi connectivity index (χ4n) is 3.52. The number of imidazole rings is 1. The van der Waals surface area contributed by atoms with E-state index in [0.717, 1.165) is 5.56 Å². The first-order chi connectivity index (χ1) is 16.5. The van der Waals surface area contributed by atoms with Crippen LogP contribution >= 0.6 is 0 Å². The molecule has 0 radical (unpaired) electrons. The van der Waals surface area contributed by atoms with Gasteiger partial charge in [-0.1, -0.05) is 30.3 Å². The van der Waals surface area contributed by atoms with Crippen LogP contribution in [0.15, 0.2) is 73.1 Å². The number of carbonyl (C=O) groups excluding carboxylic acids is 2. The molecule has 0 aliphatic carbocycles. The van der Waals surface area contributed by atoms with Gasteiger partial charge in [0.2, 0.25) is 0 Å². The number of anilines is 1. The van der Waals surface area contributed by atoms with Gasteiger partial charge in [-0.15, -0.1) is 0 Å². The Hall–Kier alpha value is -4.33. The van der Waals surface area contributed by atoms with Crippen LogP contribution in [0.2, 0.25) is 0 Å². The summed E-state index contributed by atoms with van der Waals surface area (Å²) < 4.78 is 20.3. The number of pyridine rings is 1. The Bertz CT molecular complexity index is 1320. The molecule has 1 amide bonds. The number of ether oxygens (including phenoxy) is 1. The predicted molar refractivity (Wildman–Crippen MR) is 126 cm³/mol. The maximum atomic E-state index is 13.5. The molecule has 4 aromatic rings. The van der Waals surface area contributed by atoms with Gasteiger partial charge in [0.15, 0.2) is 0 Å². The van der Waals surface area contributed by atoms with Crippen molar-refractivity contribution in [2.24, 2.45) is 0 Å². The molecule has 2 aromatic carbocycles. The van der Waals surface area contributed by atoms with E-state index < -0.39 is 11.9 Å². The summed E-state index contributed by atoms with van der Waals surface area (Å²) in [5, 5.41) is 2.90. The van der Waals surface area contributed by atoms with Gasteiger partial charge in [-0.2, -0.15) is 0 Å². The van der Waals surface area contributed by atoms with Crippen LogP contribution in [0.25, 0.3) is 11.3 Å². The van der Waals surface area contributed by atoms with Gasteiger partial charge in [0, 0.05) is 5.56 Å². The third-order valence-corrected chi connectivity index (χ3v) is 5.20. The second kappa shape index (κ2) is 10.1. The van der Waals surface area contributed by atoms with E-state index in [4.69, 9.17) is 4.74 Å². The molecule has 0 bridgehead atoms. The zero-order valence-corrected chi connectivity index (χ0v) is 18.8. The number of rotatable bonds is 7. The minimum absolute atomic E-state index is 0.142. The first-order valence-corrected chi connectivity index (χ1v) is 10.8. The topological polar surface area (TPSA) is 86.1 Å². The van der Waals surface area contributed by atoms with Crippen LogP contribution in [-0.2, 0) is 11.3 Å². The standard InChI is InChI=1S/C26H23FN4O3/c1-3-34-26(33)21-13-14-22(29-17(21)2)25(32)30-24-23(19-9-11-20(27)12-10-19)28-16-31(24)15-18-7-5-4-6-8-18/h4-14,16H,3,15H2,1-2H3,(H,30,32). The van der Waals surface area contributed by atoms with Gasteiger partial charge in [0.1, 0.15) is 23.0 Å². The van der Waals surface area contributed by atoms with Crippen molar-refractivity contribution in [1.29, 1.82) is 0 Å². The Morgan fingerprint density at radius 2 is 1.76 bits per heavy atom. The maximum absolute atomic E-state index is 13.5. The lowest BCUT2D eigenvalue weighted by Gasteiger charge is -2.13. The van der Waals surface area contributed by atoms with E-state index in [-0.39, 0.29) is 18.1 Å². The molecule has 0 saturated heterocycles. The van der Waals surface area contributed by atoms with Gasteiger partial charge in [0.05, 0.1) is 30.7 Å².